The maximum atomic E-state index is 3.83. The Kier molecular flexibility index (Phi) is 5.14. The first kappa shape index (κ1) is 10.8. The van der Waals surface area contributed by atoms with Crippen LogP contribution in [0, 0.1) is 11.8 Å². The lowest BCUT2D eigenvalue weighted by atomic mass is 9.88. The van der Waals surface area contributed by atoms with E-state index in [2.05, 4.69) is 24.9 Å². The van der Waals surface area contributed by atoms with Crippen molar-refractivity contribution in [3.63, 3.8) is 0 Å². The topological polar surface area (TPSA) is 12.0 Å². The summed E-state index contributed by atoms with van der Waals surface area (Å²) in [6.45, 7) is 8.55. The molecule has 0 aromatic carbocycles. The molecule has 2 unspecified atom stereocenters. The highest BCUT2D eigenvalue weighted by Crippen LogP contribution is 2.25. The lowest BCUT2D eigenvalue weighted by Crippen LogP contribution is -2.11. The molecule has 0 radical (unpaired) electrons. The Bertz CT molecular complexity index is 142. The zero-order valence-corrected chi connectivity index (χ0v) is 8.89. The molecule has 76 valence electrons. The van der Waals surface area contributed by atoms with E-state index in [1.54, 1.807) is 0 Å². The molecule has 0 aromatic rings. The maximum absolute atomic E-state index is 3.83. The molecule has 1 heterocycles. The zero-order chi connectivity index (χ0) is 9.52. The molecule has 0 aromatic heterocycles. The summed E-state index contributed by atoms with van der Waals surface area (Å²) in [5.74, 6) is 1.79. The van der Waals surface area contributed by atoms with Crippen LogP contribution in [0.4, 0.5) is 0 Å². The molecule has 1 fully saturated rings. The third kappa shape index (κ3) is 3.51. The van der Waals surface area contributed by atoms with Crippen LogP contribution < -0.4 is 5.32 Å². The number of nitrogens with one attached hydrogen (secondary N) is 1. The molecule has 1 aliphatic heterocycles. The van der Waals surface area contributed by atoms with Gasteiger partial charge in [0, 0.05) is 0 Å². The lowest BCUT2D eigenvalue weighted by Gasteiger charge is -2.16. The average molecular weight is 181 g/mol. The van der Waals surface area contributed by atoms with Crippen LogP contribution in [0.25, 0.3) is 0 Å². The summed E-state index contributed by atoms with van der Waals surface area (Å²) in [6, 6.07) is 0. The summed E-state index contributed by atoms with van der Waals surface area (Å²) in [4.78, 5) is 0. The molecule has 0 aliphatic carbocycles. The van der Waals surface area contributed by atoms with E-state index in [0.717, 1.165) is 11.8 Å². The van der Waals surface area contributed by atoms with Gasteiger partial charge in [-0.1, -0.05) is 32.3 Å². The number of hydrogen-bond acceptors (Lipinski definition) is 1. The summed E-state index contributed by atoms with van der Waals surface area (Å²) < 4.78 is 0. The molecule has 0 saturated carbocycles. The van der Waals surface area contributed by atoms with Crippen LogP contribution in [-0.4, -0.2) is 13.1 Å². The molecule has 1 saturated heterocycles. The molecule has 1 nitrogen and oxygen atoms in total. The van der Waals surface area contributed by atoms with Crippen molar-refractivity contribution in [2.75, 3.05) is 13.1 Å². The van der Waals surface area contributed by atoms with E-state index in [4.69, 9.17) is 0 Å². The third-order valence-corrected chi connectivity index (χ3v) is 3.13. The van der Waals surface area contributed by atoms with E-state index < -0.39 is 0 Å². The molecular formula is C12H23N. The van der Waals surface area contributed by atoms with Crippen molar-refractivity contribution in [2.24, 2.45) is 11.8 Å². The van der Waals surface area contributed by atoms with Gasteiger partial charge >= 0.3 is 0 Å². The van der Waals surface area contributed by atoms with Gasteiger partial charge in [-0.25, -0.2) is 0 Å². The number of unbranched alkanes of at least 4 members (excludes halogenated alkanes) is 2. The second-order valence-corrected chi connectivity index (χ2v) is 4.20. The smallest absolute Gasteiger partial charge is 0.00143 e. The van der Waals surface area contributed by atoms with Crippen molar-refractivity contribution in [2.45, 2.75) is 39.0 Å². The normalized spacial score (nSPS) is 27.8. The summed E-state index contributed by atoms with van der Waals surface area (Å²) in [6.07, 6.45) is 8.84. The quantitative estimate of drug-likeness (QED) is 0.490. The van der Waals surface area contributed by atoms with Crippen LogP contribution in [-0.2, 0) is 0 Å². The molecule has 2 atom stereocenters. The van der Waals surface area contributed by atoms with Gasteiger partial charge in [0.1, 0.15) is 0 Å². The Morgan fingerprint density at radius 1 is 1.31 bits per heavy atom. The third-order valence-electron chi connectivity index (χ3n) is 3.13. The first-order chi connectivity index (χ1) is 6.38. The van der Waals surface area contributed by atoms with Crippen molar-refractivity contribution in [3.8, 4) is 0 Å². The van der Waals surface area contributed by atoms with Crippen LogP contribution in [0.3, 0.4) is 0 Å². The van der Waals surface area contributed by atoms with Crippen molar-refractivity contribution in [1.29, 1.82) is 0 Å². The maximum Gasteiger partial charge on any atom is -0.00143 e. The first-order valence-electron chi connectivity index (χ1n) is 5.70. The van der Waals surface area contributed by atoms with Crippen LogP contribution in [0.2, 0.25) is 0 Å². The first-order valence-corrected chi connectivity index (χ1v) is 5.70. The van der Waals surface area contributed by atoms with Crippen molar-refractivity contribution in [1.82, 2.24) is 5.32 Å². The Hall–Kier alpha value is -0.300. The van der Waals surface area contributed by atoms with Gasteiger partial charge in [-0.3, -0.25) is 0 Å². The molecule has 13 heavy (non-hydrogen) atoms. The highest BCUT2D eigenvalue weighted by molar-refractivity contribution is 4.85. The standard InChI is InChI=1S/C12H23N/c1-3-5-6-8-12-10-13-9-11(12)7-4-2/h4,11-13H,2-3,5-10H2,1H3. The molecule has 0 bridgehead atoms. The zero-order valence-electron chi connectivity index (χ0n) is 8.89. The van der Waals surface area contributed by atoms with Gasteiger partial charge < -0.3 is 5.32 Å². The van der Waals surface area contributed by atoms with E-state index in [0.29, 0.717) is 0 Å². The van der Waals surface area contributed by atoms with Crippen molar-refractivity contribution >= 4 is 0 Å². The SMILES string of the molecule is C=CCC1CNCC1CCCCC. The Morgan fingerprint density at radius 2 is 2.08 bits per heavy atom. The minimum Gasteiger partial charge on any atom is -0.316 e. The molecule has 1 N–H and O–H groups in total. The minimum atomic E-state index is 0.870. The predicted octanol–water partition coefficient (Wildman–Crippen LogP) is 2.98. The van der Waals surface area contributed by atoms with E-state index >= 15 is 0 Å². The van der Waals surface area contributed by atoms with E-state index in [-0.39, 0.29) is 0 Å². The van der Waals surface area contributed by atoms with Gasteiger partial charge in [-0.05, 0) is 37.8 Å². The summed E-state index contributed by atoms with van der Waals surface area (Å²) in [5.41, 5.74) is 0. The fourth-order valence-corrected chi connectivity index (χ4v) is 2.27. The predicted molar refractivity (Wildman–Crippen MR) is 58.8 cm³/mol. The van der Waals surface area contributed by atoms with E-state index in [1.807, 2.05) is 0 Å². The minimum absolute atomic E-state index is 0.870. The molecule has 1 rings (SSSR count). The van der Waals surface area contributed by atoms with Gasteiger partial charge in [-0.2, -0.15) is 0 Å². The largest absolute Gasteiger partial charge is 0.316 e. The number of rotatable bonds is 6. The molecule has 0 amide bonds. The number of allylic oxidation sites excluding steroid dienone is 1. The van der Waals surface area contributed by atoms with Gasteiger partial charge in [-0.15, -0.1) is 6.58 Å². The average Bonchev–Trinajstić information content (AvgIpc) is 2.54. The van der Waals surface area contributed by atoms with Gasteiger partial charge in [0.2, 0.25) is 0 Å². The Balaban J connectivity index is 2.18. The fourth-order valence-electron chi connectivity index (χ4n) is 2.27. The Labute approximate surface area is 82.6 Å². The molecule has 1 heteroatoms. The monoisotopic (exact) mass is 181 g/mol. The summed E-state index contributed by atoms with van der Waals surface area (Å²) in [5, 5.41) is 3.49. The highest BCUT2D eigenvalue weighted by Gasteiger charge is 2.24. The van der Waals surface area contributed by atoms with Crippen molar-refractivity contribution < 1.29 is 0 Å². The molecular weight excluding hydrogens is 158 g/mol. The van der Waals surface area contributed by atoms with Crippen LogP contribution in [0.15, 0.2) is 12.7 Å². The number of hydrogen-bond donors (Lipinski definition) is 1. The Morgan fingerprint density at radius 3 is 2.77 bits per heavy atom. The van der Waals surface area contributed by atoms with Gasteiger partial charge in [0.05, 0.1) is 0 Å². The second kappa shape index (κ2) is 6.20. The highest BCUT2D eigenvalue weighted by atomic mass is 14.9. The lowest BCUT2D eigenvalue weighted by molar-refractivity contribution is 0.382. The fraction of sp³-hybridized carbons (Fsp3) is 0.833. The van der Waals surface area contributed by atoms with Crippen LogP contribution in [0.5, 0.6) is 0 Å². The van der Waals surface area contributed by atoms with E-state index in [1.165, 1.54) is 45.2 Å². The van der Waals surface area contributed by atoms with Gasteiger partial charge in [0.25, 0.3) is 0 Å². The van der Waals surface area contributed by atoms with E-state index in [9.17, 15) is 0 Å². The summed E-state index contributed by atoms with van der Waals surface area (Å²) >= 11 is 0. The second-order valence-electron chi connectivity index (χ2n) is 4.20. The molecule has 1 aliphatic rings. The van der Waals surface area contributed by atoms with Gasteiger partial charge in [0.15, 0.2) is 0 Å². The van der Waals surface area contributed by atoms with Crippen LogP contribution in [0.1, 0.15) is 39.0 Å². The van der Waals surface area contributed by atoms with Crippen molar-refractivity contribution in [3.05, 3.63) is 12.7 Å². The van der Waals surface area contributed by atoms with Crippen LogP contribution >= 0.6 is 0 Å². The molecule has 0 spiro atoms. The summed E-state index contributed by atoms with van der Waals surface area (Å²) in [7, 11) is 0.